The number of nitrogens with zero attached hydrogens (tertiary/aromatic N) is 1. The molecule has 0 heterocycles. The number of nitrogens with two attached hydrogens (primary N) is 1. The average molecular weight is 315 g/mol. The van der Waals surface area contributed by atoms with Gasteiger partial charge in [-0.25, -0.2) is 0 Å². The zero-order chi connectivity index (χ0) is 16.1. The molecular formula is C19H29N3O. The molecule has 3 N–H and O–H groups in total. The molecule has 0 saturated heterocycles. The molecule has 0 radical (unpaired) electrons. The smallest absolute Gasteiger partial charge is 0.188 e. The van der Waals surface area contributed by atoms with E-state index >= 15 is 0 Å². The Morgan fingerprint density at radius 1 is 1.30 bits per heavy atom. The monoisotopic (exact) mass is 315 g/mol. The molecule has 4 heteroatoms. The predicted octanol–water partition coefficient (Wildman–Crippen LogP) is 2.87. The van der Waals surface area contributed by atoms with Crippen LogP contribution in [0.15, 0.2) is 35.3 Å². The third-order valence-electron chi connectivity index (χ3n) is 5.53. The third-order valence-corrected chi connectivity index (χ3v) is 5.53. The van der Waals surface area contributed by atoms with Gasteiger partial charge in [-0.15, -0.1) is 0 Å². The van der Waals surface area contributed by atoms with Crippen LogP contribution in [0.2, 0.25) is 0 Å². The molecule has 1 aromatic rings. The van der Waals surface area contributed by atoms with E-state index < -0.39 is 0 Å². The first-order chi connectivity index (χ1) is 11.2. The topological polar surface area (TPSA) is 59.6 Å². The first kappa shape index (κ1) is 16.3. The van der Waals surface area contributed by atoms with Gasteiger partial charge in [-0.05, 0) is 38.2 Å². The average Bonchev–Trinajstić information content (AvgIpc) is 3.08. The quantitative estimate of drug-likeness (QED) is 0.627. The van der Waals surface area contributed by atoms with Crippen LogP contribution in [0.5, 0.6) is 0 Å². The van der Waals surface area contributed by atoms with Crippen molar-refractivity contribution < 1.29 is 4.74 Å². The summed E-state index contributed by atoms with van der Waals surface area (Å²) in [5, 5.41) is 3.47. The van der Waals surface area contributed by atoms with E-state index in [0.717, 1.165) is 26.0 Å². The Hall–Kier alpha value is -1.55. The van der Waals surface area contributed by atoms with Crippen LogP contribution in [-0.4, -0.2) is 31.3 Å². The van der Waals surface area contributed by atoms with Gasteiger partial charge in [-0.1, -0.05) is 43.2 Å². The number of hydrogen-bond donors (Lipinski definition) is 2. The van der Waals surface area contributed by atoms with Crippen LogP contribution in [0, 0.1) is 5.41 Å². The van der Waals surface area contributed by atoms with Gasteiger partial charge in [0.05, 0.1) is 6.10 Å². The Bertz CT molecular complexity index is 523. The lowest BCUT2D eigenvalue weighted by Crippen LogP contribution is -2.64. The van der Waals surface area contributed by atoms with Crippen molar-refractivity contribution in [1.29, 1.82) is 0 Å². The summed E-state index contributed by atoms with van der Waals surface area (Å²) in [7, 11) is 0. The highest BCUT2D eigenvalue weighted by Gasteiger charge is 2.56. The van der Waals surface area contributed by atoms with Gasteiger partial charge in [0.25, 0.3) is 0 Å². The molecule has 2 aliphatic rings. The second kappa shape index (κ2) is 7.35. The molecule has 1 aromatic carbocycles. The molecule has 4 nitrogen and oxygen atoms in total. The summed E-state index contributed by atoms with van der Waals surface area (Å²) in [5.74, 6) is 0.590. The number of benzene rings is 1. The van der Waals surface area contributed by atoms with E-state index in [2.05, 4.69) is 41.5 Å². The number of nitrogens with one attached hydrogen (secondary N) is 1. The molecule has 0 aliphatic heterocycles. The molecule has 2 aliphatic carbocycles. The van der Waals surface area contributed by atoms with E-state index in [4.69, 9.17) is 10.5 Å². The van der Waals surface area contributed by atoms with Crippen LogP contribution in [0.4, 0.5) is 0 Å². The zero-order valence-corrected chi connectivity index (χ0v) is 14.1. The molecule has 2 fully saturated rings. The maximum atomic E-state index is 6.12. The predicted molar refractivity (Wildman–Crippen MR) is 94.5 cm³/mol. The highest BCUT2D eigenvalue weighted by atomic mass is 16.5. The number of hydrogen-bond acceptors (Lipinski definition) is 2. The number of aliphatic imine (C=N–C) groups is 1. The van der Waals surface area contributed by atoms with Crippen molar-refractivity contribution in [2.24, 2.45) is 16.1 Å². The van der Waals surface area contributed by atoms with E-state index in [9.17, 15) is 0 Å². The zero-order valence-electron chi connectivity index (χ0n) is 14.1. The van der Waals surface area contributed by atoms with Crippen LogP contribution < -0.4 is 11.1 Å². The van der Waals surface area contributed by atoms with Gasteiger partial charge in [-0.2, -0.15) is 0 Å². The van der Waals surface area contributed by atoms with Crippen molar-refractivity contribution in [2.45, 2.75) is 57.6 Å². The van der Waals surface area contributed by atoms with E-state index in [1.165, 1.54) is 31.2 Å². The van der Waals surface area contributed by atoms with Gasteiger partial charge in [-0.3, -0.25) is 4.99 Å². The number of ether oxygens (including phenoxy) is 1. The van der Waals surface area contributed by atoms with Gasteiger partial charge in [0, 0.05) is 24.6 Å². The minimum atomic E-state index is 0.301. The highest BCUT2D eigenvalue weighted by Crippen LogP contribution is 2.54. The Morgan fingerprint density at radius 3 is 2.74 bits per heavy atom. The van der Waals surface area contributed by atoms with Crippen molar-refractivity contribution in [3.63, 3.8) is 0 Å². The lowest BCUT2D eigenvalue weighted by molar-refractivity contribution is -0.125. The SMILES string of the molecule is CCOC1CC(NC(N)=NCCc2ccccc2)C12CCCC2. The van der Waals surface area contributed by atoms with E-state index in [0.29, 0.717) is 23.5 Å². The largest absolute Gasteiger partial charge is 0.378 e. The first-order valence-corrected chi connectivity index (χ1v) is 8.96. The van der Waals surface area contributed by atoms with Crippen LogP contribution in [-0.2, 0) is 11.2 Å². The lowest BCUT2D eigenvalue weighted by Gasteiger charge is -2.54. The molecule has 0 aromatic heterocycles. The number of rotatable bonds is 6. The molecule has 0 amide bonds. The second-order valence-electron chi connectivity index (χ2n) is 6.82. The maximum absolute atomic E-state index is 6.12. The standard InChI is InChI=1S/C19H29N3O/c1-2-23-17-14-16(19(17)11-6-7-12-19)22-18(20)21-13-10-15-8-4-3-5-9-15/h3-5,8-9,16-17H,2,6-7,10-14H2,1H3,(H3,20,21,22). The second-order valence-corrected chi connectivity index (χ2v) is 6.82. The van der Waals surface area contributed by atoms with E-state index in [-0.39, 0.29) is 0 Å². The van der Waals surface area contributed by atoms with Gasteiger partial charge < -0.3 is 15.8 Å². The Labute approximate surface area is 139 Å². The minimum Gasteiger partial charge on any atom is -0.378 e. The fourth-order valence-corrected chi connectivity index (χ4v) is 4.26. The molecule has 23 heavy (non-hydrogen) atoms. The van der Waals surface area contributed by atoms with Crippen molar-refractivity contribution in [3.05, 3.63) is 35.9 Å². The summed E-state index contributed by atoms with van der Waals surface area (Å²) < 4.78 is 5.95. The Morgan fingerprint density at radius 2 is 2.04 bits per heavy atom. The summed E-state index contributed by atoms with van der Waals surface area (Å²) in [6.45, 7) is 3.63. The van der Waals surface area contributed by atoms with Crippen molar-refractivity contribution >= 4 is 5.96 Å². The van der Waals surface area contributed by atoms with Crippen molar-refractivity contribution in [2.75, 3.05) is 13.2 Å². The molecule has 2 unspecified atom stereocenters. The minimum absolute atomic E-state index is 0.301. The number of guanidine groups is 1. The summed E-state index contributed by atoms with van der Waals surface area (Å²) in [5.41, 5.74) is 7.72. The van der Waals surface area contributed by atoms with Gasteiger partial charge in [0.1, 0.15) is 0 Å². The summed E-state index contributed by atoms with van der Waals surface area (Å²) in [6, 6.07) is 10.9. The molecule has 2 saturated carbocycles. The van der Waals surface area contributed by atoms with Crippen LogP contribution in [0.1, 0.15) is 44.6 Å². The normalized spacial score (nSPS) is 26.2. The van der Waals surface area contributed by atoms with Gasteiger partial charge in [0.2, 0.25) is 0 Å². The van der Waals surface area contributed by atoms with Crippen LogP contribution in [0.25, 0.3) is 0 Å². The summed E-state index contributed by atoms with van der Waals surface area (Å²) >= 11 is 0. The molecule has 0 bridgehead atoms. The fraction of sp³-hybridized carbons (Fsp3) is 0.632. The fourth-order valence-electron chi connectivity index (χ4n) is 4.26. The molecule has 1 spiro atoms. The molecule has 126 valence electrons. The Kier molecular flexibility index (Phi) is 5.21. The Balaban J connectivity index is 1.51. The van der Waals surface area contributed by atoms with E-state index in [1.807, 2.05) is 6.07 Å². The maximum Gasteiger partial charge on any atom is 0.188 e. The summed E-state index contributed by atoms with van der Waals surface area (Å²) in [4.78, 5) is 4.51. The van der Waals surface area contributed by atoms with Crippen molar-refractivity contribution in [3.8, 4) is 0 Å². The molecular weight excluding hydrogens is 286 g/mol. The van der Waals surface area contributed by atoms with Gasteiger partial charge >= 0.3 is 0 Å². The summed E-state index contributed by atoms with van der Waals surface area (Å²) in [6.07, 6.45) is 7.53. The van der Waals surface area contributed by atoms with Crippen LogP contribution in [0.3, 0.4) is 0 Å². The van der Waals surface area contributed by atoms with Crippen LogP contribution >= 0.6 is 0 Å². The highest BCUT2D eigenvalue weighted by molar-refractivity contribution is 5.78. The van der Waals surface area contributed by atoms with Crippen molar-refractivity contribution in [1.82, 2.24) is 5.32 Å². The first-order valence-electron chi connectivity index (χ1n) is 8.96. The molecule has 3 rings (SSSR count). The van der Waals surface area contributed by atoms with Gasteiger partial charge in [0.15, 0.2) is 5.96 Å². The third kappa shape index (κ3) is 3.52. The van der Waals surface area contributed by atoms with E-state index in [1.54, 1.807) is 0 Å². The molecule has 2 atom stereocenters. The lowest BCUT2D eigenvalue weighted by atomic mass is 9.60.